The van der Waals surface area contributed by atoms with Gasteiger partial charge >= 0.3 is 0 Å². The van der Waals surface area contributed by atoms with Gasteiger partial charge in [-0.15, -0.1) is 0 Å². The zero-order valence-corrected chi connectivity index (χ0v) is 14.4. The van der Waals surface area contributed by atoms with Crippen LogP contribution in [0.2, 0.25) is 0 Å². The molecule has 25 heavy (non-hydrogen) atoms. The van der Waals surface area contributed by atoms with E-state index in [1.54, 1.807) is 12.4 Å². The van der Waals surface area contributed by atoms with Gasteiger partial charge in [-0.3, -0.25) is 9.78 Å². The lowest BCUT2D eigenvalue weighted by Crippen LogP contribution is -2.16. The summed E-state index contributed by atoms with van der Waals surface area (Å²) in [7, 11) is 0. The first-order valence-corrected chi connectivity index (χ1v) is 8.38. The van der Waals surface area contributed by atoms with Crippen LogP contribution < -0.4 is 0 Å². The Morgan fingerprint density at radius 2 is 2.00 bits per heavy atom. The highest BCUT2D eigenvalue weighted by Gasteiger charge is 2.24. The van der Waals surface area contributed by atoms with Crippen LogP contribution in [0.3, 0.4) is 0 Å². The number of imidazole rings is 1. The van der Waals surface area contributed by atoms with Gasteiger partial charge in [-0.2, -0.15) is 0 Å². The number of carbonyl (C=O) groups excluding carboxylic acids is 1. The molecule has 1 aliphatic carbocycles. The maximum atomic E-state index is 12.8. The molecule has 4 heteroatoms. The summed E-state index contributed by atoms with van der Waals surface area (Å²) in [6.45, 7) is 4.75. The molecule has 2 heterocycles. The molecule has 0 fully saturated rings. The minimum Gasteiger partial charge on any atom is -0.325 e. The molecule has 0 amide bonds. The van der Waals surface area contributed by atoms with Crippen LogP contribution in [0, 0.1) is 13.8 Å². The fourth-order valence-electron chi connectivity index (χ4n) is 3.43. The average molecular weight is 329 g/mol. The van der Waals surface area contributed by atoms with Gasteiger partial charge in [0.1, 0.15) is 5.82 Å². The van der Waals surface area contributed by atoms with Crippen molar-refractivity contribution < 1.29 is 4.79 Å². The molecule has 0 bridgehead atoms. The summed E-state index contributed by atoms with van der Waals surface area (Å²) >= 11 is 0. The van der Waals surface area contributed by atoms with Crippen molar-refractivity contribution in [2.45, 2.75) is 26.8 Å². The van der Waals surface area contributed by atoms with Gasteiger partial charge in [0, 0.05) is 25.0 Å². The molecule has 0 radical (unpaired) electrons. The Kier molecular flexibility index (Phi) is 3.80. The zero-order chi connectivity index (χ0) is 17.4. The van der Waals surface area contributed by atoms with Gasteiger partial charge in [-0.1, -0.05) is 23.8 Å². The Morgan fingerprint density at radius 1 is 1.12 bits per heavy atom. The molecule has 0 N–H and O–H groups in total. The lowest BCUT2D eigenvalue weighted by atomic mass is 9.87. The molecule has 3 aromatic rings. The number of rotatable bonds is 3. The van der Waals surface area contributed by atoms with Crippen LogP contribution in [-0.4, -0.2) is 20.3 Å². The highest BCUT2D eigenvalue weighted by molar-refractivity contribution is 6.26. The Morgan fingerprint density at radius 3 is 2.80 bits per heavy atom. The molecule has 0 saturated carbocycles. The lowest BCUT2D eigenvalue weighted by molar-refractivity contribution is -0.113. The highest BCUT2D eigenvalue weighted by atomic mass is 16.1. The van der Waals surface area contributed by atoms with Crippen molar-refractivity contribution >= 4 is 17.4 Å². The molecule has 124 valence electrons. The number of allylic oxidation sites excluding steroid dienone is 1. The number of hydrogen-bond acceptors (Lipinski definition) is 3. The fraction of sp³-hybridized carbons (Fsp3) is 0.190. The maximum absolute atomic E-state index is 12.8. The van der Waals surface area contributed by atoms with Crippen molar-refractivity contribution in [2.75, 3.05) is 0 Å². The van der Waals surface area contributed by atoms with Crippen molar-refractivity contribution in [3.8, 4) is 0 Å². The number of aromatic nitrogens is 3. The molecule has 1 aromatic carbocycles. The number of pyridine rings is 1. The SMILES string of the molecule is Cc1cc(C)c2c(c1)C=C(c1nccn1Cc1ccccn1)C(=O)C2. The third-order valence-electron chi connectivity index (χ3n) is 4.60. The first kappa shape index (κ1) is 15.5. The molecule has 4 nitrogen and oxygen atoms in total. The van der Waals surface area contributed by atoms with E-state index in [1.807, 2.05) is 35.0 Å². The normalized spacial score (nSPS) is 13.5. The minimum atomic E-state index is 0.118. The summed E-state index contributed by atoms with van der Waals surface area (Å²) in [5, 5.41) is 0. The number of aryl methyl sites for hydroxylation is 2. The first-order chi connectivity index (χ1) is 12.1. The van der Waals surface area contributed by atoms with Crippen molar-refractivity contribution in [1.29, 1.82) is 0 Å². The van der Waals surface area contributed by atoms with E-state index in [9.17, 15) is 4.79 Å². The van der Waals surface area contributed by atoms with E-state index in [0.717, 1.165) is 16.8 Å². The number of ketones is 1. The number of carbonyl (C=O) groups is 1. The van der Waals surface area contributed by atoms with Gasteiger partial charge in [0.05, 0.1) is 17.8 Å². The topological polar surface area (TPSA) is 47.8 Å². The Hall–Kier alpha value is -3.01. The third kappa shape index (κ3) is 2.91. The lowest BCUT2D eigenvalue weighted by Gasteiger charge is -2.19. The summed E-state index contributed by atoms with van der Waals surface area (Å²) in [5.41, 5.74) is 6.26. The van der Waals surface area contributed by atoms with Gasteiger partial charge in [0.25, 0.3) is 0 Å². The molecule has 0 aliphatic heterocycles. The Labute approximate surface area is 146 Å². The van der Waals surface area contributed by atoms with Crippen LogP contribution in [0.15, 0.2) is 48.9 Å². The fourth-order valence-corrected chi connectivity index (χ4v) is 3.43. The van der Waals surface area contributed by atoms with Crippen LogP contribution in [0.25, 0.3) is 11.6 Å². The zero-order valence-electron chi connectivity index (χ0n) is 14.4. The second-order valence-electron chi connectivity index (χ2n) is 6.51. The van der Waals surface area contributed by atoms with Crippen LogP contribution in [0.5, 0.6) is 0 Å². The van der Waals surface area contributed by atoms with Crippen molar-refractivity contribution in [3.05, 3.63) is 82.7 Å². The maximum Gasteiger partial charge on any atom is 0.171 e. The molecular weight excluding hydrogens is 310 g/mol. The quantitative estimate of drug-likeness (QED) is 0.737. The van der Waals surface area contributed by atoms with Gasteiger partial charge in [-0.25, -0.2) is 4.98 Å². The number of Topliss-reactive ketones (excluding diaryl/α,β-unsaturated/α-hetero) is 1. The second kappa shape index (κ2) is 6.13. The average Bonchev–Trinajstić information content (AvgIpc) is 3.04. The molecule has 0 atom stereocenters. The van der Waals surface area contributed by atoms with Crippen molar-refractivity contribution in [3.63, 3.8) is 0 Å². The molecule has 0 saturated heterocycles. The molecule has 0 spiro atoms. The predicted molar refractivity (Wildman–Crippen MR) is 98.1 cm³/mol. The van der Waals surface area contributed by atoms with Gasteiger partial charge < -0.3 is 4.57 Å². The van der Waals surface area contributed by atoms with Crippen LogP contribution >= 0.6 is 0 Å². The van der Waals surface area contributed by atoms with Crippen LogP contribution in [-0.2, 0) is 17.8 Å². The summed E-state index contributed by atoms with van der Waals surface area (Å²) in [6, 6.07) is 10.1. The minimum absolute atomic E-state index is 0.118. The number of hydrogen-bond donors (Lipinski definition) is 0. The molecule has 0 unspecified atom stereocenters. The highest BCUT2D eigenvalue weighted by Crippen LogP contribution is 2.30. The van der Waals surface area contributed by atoms with E-state index in [0.29, 0.717) is 24.4 Å². The van der Waals surface area contributed by atoms with E-state index in [4.69, 9.17) is 0 Å². The summed E-state index contributed by atoms with van der Waals surface area (Å²) in [6.07, 6.45) is 7.83. The first-order valence-electron chi connectivity index (χ1n) is 8.38. The Balaban J connectivity index is 1.76. The number of fused-ring (bicyclic) bond motifs is 1. The molecule has 1 aliphatic rings. The molecule has 4 rings (SSSR count). The standard InChI is InChI=1S/C21H19N3O/c1-14-9-15(2)18-12-20(25)19(11-16(18)10-14)21-23-7-8-24(21)13-17-5-3-4-6-22-17/h3-11H,12-13H2,1-2H3. The predicted octanol–water partition coefficient (Wildman–Crippen LogP) is 3.61. The smallest absolute Gasteiger partial charge is 0.171 e. The van der Waals surface area contributed by atoms with Gasteiger partial charge in [0.2, 0.25) is 0 Å². The van der Waals surface area contributed by atoms with E-state index >= 15 is 0 Å². The van der Waals surface area contributed by atoms with Crippen molar-refractivity contribution in [1.82, 2.24) is 14.5 Å². The number of benzene rings is 1. The van der Waals surface area contributed by atoms with Crippen LogP contribution in [0.4, 0.5) is 0 Å². The third-order valence-corrected chi connectivity index (χ3v) is 4.60. The number of nitrogens with zero attached hydrogens (tertiary/aromatic N) is 3. The largest absolute Gasteiger partial charge is 0.325 e. The van der Waals surface area contributed by atoms with E-state index < -0.39 is 0 Å². The van der Waals surface area contributed by atoms with Crippen LogP contribution in [0.1, 0.15) is 33.8 Å². The van der Waals surface area contributed by atoms with Gasteiger partial charge in [0.15, 0.2) is 5.78 Å². The van der Waals surface area contributed by atoms with Gasteiger partial charge in [-0.05, 0) is 48.7 Å². The van der Waals surface area contributed by atoms with E-state index in [-0.39, 0.29) is 5.78 Å². The summed E-state index contributed by atoms with van der Waals surface area (Å²) < 4.78 is 1.99. The summed E-state index contributed by atoms with van der Waals surface area (Å²) in [4.78, 5) is 21.6. The van der Waals surface area contributed by atoms with E-state index in [2.05, 4.69) is 35.9 Å². The summed E-state index contributed by atoms with van der Waals surface area (Å²) in [5.74, 6) is 0.827. The monoisotopic (exact) mass is 329 g/mol. The molecule has 2 aromatic heterocycles. The second-order valence-corrected chi connectivity index (χ2v) is 6.51. The molecular formula is C21H19N3O. The Bertz CT molecular complexity index is 984. The van der Waals surface area contributed by atoms with E-state index in [1.165, 1.54) is 11.1 Å². The van der Waals surface area contributed by atoms with Crippen molar-refractivity contribution in [2.24, 2.45) is 0 Å².